The minimum absolute atomic E-state index is 0.0849. The van der Waals surface area contributed by atoms with Crippen LogP contribution in [0, 0.1) is 0 Å². The molecule has 8 nitrogen and oxygen atoms in total. The molecule has 3 aromatic rings. The quantitative estimate of drug-likeness (QED) is 0.728. The van der Waals surface area contributed by atoms with Gasteiger partial charge in [0.25, 0.3) is 5.56 Å². The van der Waals surface area contributed by atoms with Gasteiger partial charge in [-0.1, -0.05) is 21.1 Å². The fraction of sp³-hybridized carbons (Fsp3) is 0.0833. The van der Waals surface area contributed by atoms with Crippen molar-refractivity contribution >= 4 is 33.0 Å². The standard InChI is InChI=1S/C12H9BrN6O2/c13-7-1-3-8(4-2-7)19-11-10(16-17-19)12(21)18(6-15-11)5-9(14)20/h1-4,6H,5H2,(H2,14,20). The summed E-state index contributed by atoms with van der Waals surface area (Å²) < 4.78 is 3.48. The van der Waals surface area contributed by atoms with Gasteiger partial charge in [-0.25, -0.2) is 4.98 Å². The second-order valence-electron chi connectivity index (χ2n) is 4.29. The van der Waals surface area contributed by atoms with E-state index in [9.17, 15) is 9.59 Å². The molecule has 2 aromatic heterocycles. The molecule has 0 saturated carbocycles. The van der Waals surface area contributed by atoms with Crippen LogP contribution in [0.3, 0.4) is 0 Å². The number of carbonyl (C=O) groups excluding carboxylic acids is 1. The van der Waals surface area contributed by atoms with Crippen molar-refractivity contribution in [2.24, 2.45) is 5.73 Å². The topological polar surface area (TPSA) is 109 Å². The van der Waals surface area contributed by atoms with Crippen LogP contribution in [0.2, 0.25) is 0 Å². The predicted molar refractivity (Wildman–Crippen MR) is 77.8 cm³/mol. The molecule has 0 aliphatic carbocycles. The summed E-state index contributed by atoms with van der Waals surface area (Å²) in [6.45, 7) is -0.243. The van der Waals surface area contributed by atoms with Crippen LogP contribution in [0.4, 0.5) is 0 Å². The van der Waals surface area contributed by atoms with Gasteiger partial charge in [-0.3, -0.25) is 14.2 Å². The highest BCUT2D eigenvalue weighted by Crippen LogP contribution is 2.15. The number of halogens is 1. The van der Waals surface area contributed by atoms with E-state index in [1.165, 1.54) is 11.0 Å². The van der Waals surface area contributed by atoms with Gasteiger partial charge in [0.05, 0.1) is 5.69 Å². The van der Waals surface area contributed by atoms with Crippen LogP contribution >= 0.6 is 15.9 Å². The maximum Gasteiger partial charge on any atom is 0.284 e. The molecule has 0 aliphatic rings. The molecule has 3 rings (SSSR count). The Morgan fingerprint density at radius 3 is 2.67 bits per heavy atom. The van der Waals surface area contributed by atoms with Crippen LogP contribution in [0.5, 0.6) is 0 Å². The molecule has 0 unspecified atom stereocenters. The molecular weight excluding hydrogens is 340 g/mol. The number of aromatic nitrogens is 5. The molecule has 0 atom stereocenters. The van der Waals surface area contributed by atoms with Crippen LogP contribution in [-0.2, 0) is 11.3 Å². The third-order valence-corrected chi connectivity index (χ3v) is 3.36. The highest BCUT2D eigenvalue weighted by atomic mass is 79.9. The number of nitrogens with zero attached hydrogens (tertiary/aromatic N) is 5. The van der Waals surface area contributed by atoms with E-state index in [1.807, 2.05) is 24.3 Å². The van der Waals surface area contributed by atoms with Crippen molar-refractivity contribution in [2.45, 2.75) is 6.54 Å². The van der Waals surface area contributed by atoms with Crippen molar-refractivity contribution in [3.05, 3.63) is 45.4 Å². The zero-order valence-electron chi connectivity index (χ0n) is 10.6. The summed E-state index contributed by atoms with van der Waals surface area (Å²) in [6, 6.07) is 7.32. The lowest BCUT2D eigenvalue weighted by molar-refractivity contribution is -0.118. The fourth-order valence-corrected chi connectivity index (χ4v) is 2.14. The smallest absolute Gasteiger partial charge is 0.284 e. The van der Waals surface area contributed by atoms with Crippen molar-refractivity contribution < 1.29 is 4.79 Å². The Morgan fingerprint density at radius 1 is 1.29 bits per heavy atom. The summed E-state index contributed by atoms with van der Waals surface area (Å²) in [5.74, 6) is -0.626. The molecule has 0 saturated heterocycles. The van der Waals surface area contributed by atoms with Gasteiger partial charge in [-0.15, -0.1) is 5.10 Å². The predicted octanol–water partition coefficient (Wildman–Crippen LogP) is 0.225. The lowest BCUT2D eigenvalue weighted by Gasteiger charge is -2.03. The second-order valence-corrected chi connectivity index (χ2v) is 5.21. The van der Waals surface area contributed by atoms with Gasteiger partial charge in [0.15, 0.2) is 11.2 Å². The van der Waals surface area contributed by atoms with Crippen LogP contribution in [0.25, 0.3) is 16.9 Å². The van der Waals surface area contributed by atoms with E-state index in [0.717, 1.165) is 14.7 Å². The molecule has 1 amide bonds. The summed E-state index contributed by atoms with van der Waals surface area (Å²) in [7, 11) is 0. The Labute approximate surface area is 126 Å². The molecule has 2 N–H and O–H groups in total. The van der Waals surface area contributed by atoms with Gasteiger partial charge in [0.1, 0.15) is 12.9 Å². The maximum atomic E-state index is 12.2. The van der Waals surface area contributed by atoms with Gasteiger partial charge < -0.3 is 5.73 Å². The highest BCUT2D eigenvalue weighted by Gasteiger charge is 2.13. The monoisotopic (exact) mass is 348 g/mol. The summed E-state index contributed by atoms with van der Waals surface area (Å²) in [4.78, 5) is 27.2. The molecule has 0 radical (unpaired) electrons. The van der Waals surface area contributed by atoms with E-state index in [1.54, 1.807) is 0 Å². The van der Waals surface area contributed by atoms with E-state index in [2.05, 4.69) is 31.2 Å². The number of benzene rings is 1. The molecule has 2 heterocycles. The zero-order valence-corrected chi connectivity index (χ0v) is 12.2. The van der Waals surface area contributed by atoms with E-state index in [0.29, 0.717) is 5.65 Å². The van der Waals surface area contributed by atoms with Crippen LogP contribution in [0.1, 0.15) is 0 Å². The number of nitrogens with two attached hydrogens (primary N) is 1. The minimum atomic E-state index is -0.626. The van der Waals surface area contributed by atoms with E-state index >= 15 is 0 Å². The molecule has 21 heavy (non-hydrogen) atoms. The number of hydrogen-bond acceptors (Lipinski definition) is 5. The average molecular weight is 349 g/mol. The molecule has 0 fully saturated rings. The van der Waals surface area contributed by atoms with E-state index in [4.69, 9.17) is 5.73 Å². The number of rotatable bonds is 3. The second kappa shape index (κ2) is 5.09. The summed E-state index contributed by atoms with van der Waals surface area (Å²) in [5.41, 5.74) is 5.75. The lowest BCUT2D eigenvalue weighted by atomic mass is 10.3. The third kappa shape index (κ3) is 2.42. The number of hydrogen-bond donors (Lipinski definition) is 1. The molecule has 1 aromatic carbocycles. The first-order valence-electron chi connectivity index (χ1n) is 5.91. The van der Waals surface area contributed by atoms with Gasteiger partial charge in [-0.2, -0.15) is 4.68 Å². The number of primary amides is 1. The normalized spacial score (nSPS) is 10.9. The van der Waals surface area contributed by atoms with Crippen LogP contribution in [-0.4, -0.2) is 30.5 Å². The van der Waals surface area contributed by atoms with Gasteiger partial charge in [0.2, 0.25) is 5.91 Å². The third-order valence-electron chi connectivity index (χ3n) is 2.83. The Morgan fingerprint density at radius 2 is 2.00 bits per heavy atom. The number of carbonyl (C=O) groups is 1. The molecule has 0 bridgehead atoms. The van der Waals surface area contributed by atoms with Crippen molar-refractivity contribution in [2.75, 3.05) is 0 Å². The summed E-state index contributed by atoms with van der Waals surface area (Å²) >= 11 is 3.34. The fourth-order valence-electron chi connectivity index (χ4n) is 1.88. The minimum Gasteiger partial charge on any atom is -0.368 e. The van der Waals surface area contributed by atoms with Crippen molar-refractivity contribution in [3.8, 4) is 5.69 Å². The van der Waals surface area contributed by atoms with Crippen LogP contribution < -0.4 is 11.3 Å². The van der Waals surface area contributed by atoms with E-state index in [-0.39, 0.29) is 12.1 Å². The van der Waals surface area contributed by atoms with Gasteiger partial charge >= 0.3 is 0 Å². The van der Waals surface area contributed by atoms with Crippen molar-refractivity contribution in [1.82, 2.24) is 24.5 Å². The summed E-state index contributed by atoms with van der Waals surface area (Å²) in [6.07, 6.45) is 1.26. The Kier molecular flexibility index (Phi) is 3.26. The number of fused-ring (bicyclic) bond motifs is 1. The highest BCUT2D eigenvalue weighted by molar-refractivity contribution is 9.10. The maximum absolute atomic E-state index is 12.2. The lowest BCUT2D eigenvalue weighted by Crippen LogP contribution is -2.28. The first kappa shape index (κ1) is 13.4. The van der Waals surface area contributed by atoms with E-state index < -0.39 is 11.5 Å². The van der Waals surface area contributed by atoms with Gasteiger partial charge in [-0.05, 0) is 24.3 Å². The first-order valence-corrected chi connectivity index (χ1v) is 6.70. The number of amides is 1. The Bertz CT molecular complexity index is 883. The molecular formula is C12H9BrN6O2. The van der Waals surface area contributed by atoms with Crippen molar-refractivity contribution in [3.63, 3.8) is 0 Å². The molecule has 9 heteroatoms. The molecule has 0 aliphatic heterocycles. The largest absolute Gasteiger partial charge is 0.368 e. The SMILES string of the molecule is NC(=O)Cn1cnc2c(nnn2-c2ccc(Br)cc2)c1=O. The molecule has 106 valence electrons. The van der Waals surface area contributed by atoms with Crippen molar-refractivity contribution in [1.29, 1.82) is 0 Å². The average Bonchev–Trinajstić information content (AvgIpc) is 2.87. The Balaban J connectivity index is 2.15. The zero-order chi connectivity index (χ0) is 15.0. The molecule has 0 spiro atoms. The Hall–Kier alpha value is -2.55. The van der Waals surface area contributed by atoms with Crippen LogP contribution in [0.15, 0.2) is 39.9 Å². The van der Waals surface area contributed by atoms with Gasteiger partial charge in [0, 0.05) is 4.47 Å². The summed E-state index contributed by atoms with van der Waals surface area (Å²) in [5, 5.41) is 7.77. The first-order chi connectivity index (χ1) is 10.1.